The van der Waals surface area contributed by atoms with E-state index in [0.717, 1.165) is 12.3 Å². The third-order valence-electron chi connectivity index (χ3n) is 2.17. The summed E-state index contributed by atoms with van der Waals surface area (Å²) in [6.07, 6.45) is 1.18. The van der Waals surface area contributed by atoms with Crippen LogP contribution in [0.3, 0.4) is 0 Å². The molecule has 6 heteroatoms. The number of hydrogen-bond acceptors (Lipinski definition) is 4. The number of anilines is 1. The van der Waals surface area contributed by atoms with Crippen molar-refractivity contribution in [2.45, 2.75) is 20.0 Å². The van der Waals surface area contributed by atoms with Crippen LogP contribution in [0.15, 0.2) is 12.3 Å². The Hall–Kier alpha value is -1.69. The normalized spacial score (nSPS) is 10.5. The second-order valence-corrected chi connectivity index (χ2v) is 3.98. The van der Waals surface area contributed by atoms with Crippen molar-refractivity contribution in [3.05, 3.63) is 23.6 Å². The van der Waals surface area contributed by atoms with Crippen LogP contribution >= 0.6 is 0 Å². The third-order valence-corrected chi connectivity index (χ3v) is 2.17. The summed E-state index contributed by atoms with van der Waals surface area (Å²) in [6, 6.07) is 1.15. The molecule has 18 heavy (non-hydrogen) atoms. The fraction of sp³-hybridized carbons (Fsp3) is 0.500. The van der Waals surface area contributed by atoms with Gasteiger partial charge in [-0.2, -0.15) is 0 Å². The minimum absolute atomic E-state index is 0.116. The quantitative estimate of drug-likeness (QED) is 0.755. The van der Waals surface area contributed by atoms with E-state index in [1.54, 1.807) is 7.05 Å². The maximum atomic E-state index is 13.0. The average Bonchev–Trinajstić information content (AvgIpc) is 2.34. The van der Waals surface area contributed by atoms with Gasteiger partial charge in [-0.1, -0.05) is 0 Å². The maximum absolute atomic E-state index is 13.0. The highest BCUT2D eigenvalue weighted by Gasteiger charge is 2.12. The molecule has 0 saturated heterocycles. The number of aromatic nitrogens is 1. The molecule has 0 aromatic carbocycles. The van der Waals surface area contributed by atoms with Gasteiger partial charge >= 0.3 is 0 Å². The van der Waals surface area contributed by atoms with E-state index in [1.807, 2.05) is 13.8 Å². The third kappa shape index (κ3) is 4.29. The monoisotopic (exact) mass is 255 g/mol. The highest BCUT2D eigenvalue weighted by Crippen LogP contribution is 2.12. The van der Waals surface area contributed by atoms with Crippen molar-refractivity contribution >= 4 is 11.7 Å². The van der Waals surface area contributed by atoms with E-state index in [1.165, 1.54) is 0 Å². The van der Waals surface area contributed by atoms with Crippen molar-refractivity contribution in [2.24, 2.45) is 0 Å². The summed E-state index contributed by atoms with van der Waals surface area (Å²) in [5, 5.41) is 5.39. The van der Waals surface area contributed by atoms with Crippen LogP contribution in [0.2, 0.25) is 0 Å². The molecule has 0 atom stereocenters. The molecular formula is C12H18FN3O2. The summed E-state index contributed by atoms with van der Waals surface area (Å²) in [4.78, 5) is 15.6. The van der Waals surface area contributed by atoms with Gasteiger partial charge < -0.3 is 15.4 Å². The molecule has 0 aliphatic carbocycles. The van der Waals surface area contributed by atoms with E-state index in [2.05, 4.69) is 15.6 Å². The van der Waals surface area contributed by atoms with Crippen LogP contribution in [-0.4, -0.2) is 37.2 Å². The molecule has 0 aliphatic heterocycles. The lowest BCUT2D eigenvalue weighted by Gasteiger charge is -2.10. The molecule has 5 nitrogen and oxygen atoms in total. The molecule has 100 valence electrons. The molecule has 0 bridgehead atoms. The summed E-state index contributed by atoms with van der Waals surface area (Å²) >= 11 is 0. The molecule has 2 N–H and O–H groups in total. The zero-order valence-electron chi connectivity index (χ0n) is 10.8. The Bertz CT molecular complexity index is 410. The first-order chi connectivity index (χ1) is 8.54. The Morgan fingerprint density at radius 3 is 2.89 bits per heavy atom. The Labute approximate surface area is 106 Å². The zero-order valence-corrected chi connectivity index (χ0v) is 10.8. The molecule has 0 unspecified atom stereocenters. The molecule has 0 radical (unpaired) electrons. The Kier molecular flexibility index (Phi) is 5.51. The molecule has 1 aromatic rings. The molecule has 1 heterocycles. The van der Waals surface area contributed by atoms with Gasteiger partial charge in [-0.05, 0) is 19.9 Å². The van der Waals surface area contributed by atoms with E-state index >= 15 is 0 Å². The fourth-order valence-electron chi connectivity index (χ4n) is 1.37. The Morgan fingerprint density at radius 1 is 1.56 bits per heavy atom. The largest absolute Gasteiger partial charge is 0.377 e. The second-order valence-electron chi connectivity index (χ2n) is 3.98. The number of nitrogens with zero attached hydrogens (tertiary/aromatic N) is 1. The highest BCUT2D eigenvalue weighted by molar-refractivity contribution is 5.98. The minimum Gasteiger partial charge on any atom is -0.377 e. The van der Waals surface area contributed by atoms with Gasteiger partial charge in [-0.3, -0.25) is 4.79 Å². The van der Waals surface area contributed by atoms with Crippen LogP contribution in [0.1, 0.15) is 24.2 Å². The number of carbonyl (C=O) groups is 1. The number of nitrogens with one attached hydrogen (secondary N) is 2. The lowest BCUT2D eigenvalue weighted by Crippen LogP contribution is -2.29. The number of amides is 1. The minimum atomic E-state index is -0.544. The van der Waals surface area contributed by atoms with Gasteiger partial charge in [-0.15, -0.1) is 0 Å². The lowest BCUT2D eigenvalue weighted by molar-refractivity contribution is 0.0746. The summed E-state index contributed by atoms with van der Waals surface area (Å²) in [5.41, 5.74) is 0.182. The van der Waals surface area contributed by atoms with Crippen LogP contribution in [0.25, 0.3) is 0 Å². The summed E-state index contributed by atoms with van der Waals surface area (Å²) < 4.78 is 18.3. The summed E-state index contributed by atoms with van der Waals surface area (Å²) in [7, 11) is 1.62. The van der Waals surface area contributed by atoms with Crippen molar-refractivity contribution in [3.63, 3.8) is 0 Å². The molecule has 0 fully saturated rings. The molecule has 0 aliphatic rings. The number of carbonyl (C=O) groups excluding carboxylic acids is 1. The van der Waals surface area contributed by atoms with E-state index in [9.17, 15) is 9.18 Å². The maximum Gasteiger partial charge on any atom is 0.255 e. The van der Waals surface area contributed by atoms with E-state index in [4.69, 9.17) is 4.74 Å². The smallest absolute Gasteiger partial charge is 0.255 e. The molecule has 0 spiro atoms. The van der Waals surface area contributed by atoms with E-state index < -0.39 is 5.82 Å². The number of pyridine rings is 1. The standard InChI is InChI=1S/C12H18FN3O2/c1-8(2)18-5-4-15-12(17)10-6-9(13)7-16-11(10)14-3/h6-8H,4-5H2,1-3H3,(H,14,16)(H,15,17). The van der Waals surface area contributed by atoms with Crippen LogP contribution in [0.5, 0.6) is 0 Å². The van der Waals surface area contributed by atoms with E-state index in [0.29, 0.717) is 19.0 Å². The molecule has 1 amide bonds. The Balaban J connectivity index is 2.58. The van der Waals surface area contributed by atoms with E-state index in [-0.39, 0.29) is 17.6 Å². The molecular weight excluding hydrogens is 237 g/mol. The van der Waals surface area contributed by atoms with Gasteiger partial charge in [0.1, 0.15) is 11.6 Å². The van der Waals surface area contributed by atoms with Gasteiger partial charge in [0.05, 0.1) is 24.5 Å². The van der Waals surface area contributed by atoms with Gasteiger partial charge in [0.15, 0.2) is 0 Å². The fourth-order valence-corrected chi connectivity index (χ4v) is 1.37. The van der Waals surface area contributed by atoms with Gasteiger partial charge in [0, 0.05) is 13.6 Å². The van der Waals surface area contributed by atoms with Crippen LogP contribution < -0.4 is 10.6 Å². The van der Waals surface area contributed by atoms with Gasteiger partial charge in [-0.25, -0.2) is 9.37 Å². The SMILES string of the molecule is CNc1ncc(F)cc1C(=O)NCCOC(C)C. The lowest BCUT2D eigenvalue weighted by atomic mass is 10.2. The van der Waals surface area contributed by atoms with Gasteiger partial charge in [0.25, 0.3) is 5.91 Å². The van der Waals surface area contributed by atoms with Crippen molar-refractivity contribution in [1.82, 2.24) is 10.3 Å². The summed E-state index contributed by atoms with van der Waals surface area (Å²) in [6.45, 7) is 4.62. The molecule has 1 aromatic heterocycles. The zero-order chi connectivity index (χ0) is 13.5. The summed E-state index contributed by atoms with van der Waals surface area (Å²) in [5.74, 6) is -0.574. The first kappa shape index (κ1) is 14.4. The number of rotatable bonds is 6. The highest BCUT2D eigenvalue weighted by atomic mass is 19.1. The molecule has 0 saturated carbocycles. The number of hydrogen-bond donors (Lipinski definition) is 2. The predicted molar refractivity (Wildman–Crippen MR) is 67.2 cm³/mol. The average molecular weight is 255 g/mol. The Morgan fingerprint density at radius 2 is 2.28 bits per heavy atom. The van der Waals surface area contributed by atoms with Crippen LogP contribution in [0, 0.1) is 5.82 Å². The van der Waals surface area contributed by atoms with Crippen LogP contribution in [0.4, 0.5) is 10.2 Å². The number of halogens is 1. The first-order valence-electron chi connectivity index (χ1n) is 5.77. The first-order valence-corrected chi connectivity index (χ1v) is 5.77. The topological polar surface area (TPSA) is 63.2 Å². The van der Waals surface area contributed by atoms with Crippen molar-refractivity contribution in [1.29, 1.82) is 0 Å². The van der Waals surface area contributed by atoms with Crippen LogP contribution in [-0.2, 0) is 4.74 Å². The second kappa shape index (κ2) is 6.90. The van der Waals surface area contributed by atoms with Crippen molar-refractivity contribution < 1.29 is 13.9 Å². The molecule has 1 rings (SSSR count). The number of ether oxygens (including phenoxy) is 1. The predicted octanol–water partition coefficient (Wildman–Crippen LogP) is 1.42. The van der Waals surface area contributed by atoms with Crippen molar-refractivity contribution in [2.75, 3.05) is 25.5 Å². The van der Waals surface area contributed by atoms with Gasteiger partial charge in [0.2, 0.25) is 0 Å². The van der Waals surface area contributed by atoms with Crippen molar-refractivity contribution in [3.8, 4) is 0 Å².